The van der Waals surface area contributed by atoms with E-state index < -0.39 is 0 Å². The molecule has 10 heavy (non-hydrogen) atoms. The first-order chi connectivity index (χ1) is 4.66. The lowest BCUT2D eigenvalue weighted by molar-refractivity contribution is 0.456. The zero-order chi connectivity index (χ0) is 7.98. The van der Waals surface area contributed by atoms with Crippen molar-refractivity contribution in [2.75, 3.05) is 0 Å². The van der Waals surface area contributed by atoms with Crippen LogP contribution in [-0.2, 0) is 0 Å². The highest BCUT2D eigenvalue weighted by molar-refractivity contribution is 4.73. The molecule has 0 aromatic carbocycles. The summed E-state index contributed by atoms with van der Waals surface area (Å²) in [6.07, 6.45) is 3.17. The minimum atomic E-state index is 0.590. The summed E-state index contributed by atoms with van der Waals surface area (Å²) in [6.45, 7) is 6.59. The Balaban J connectivity index is 3.23. The summed E-state index contributed by atoms with van der Waals surface area (Å²) in [6, 6.07) is 2.19. The minimum absolute atomic E-state index is 0.590. The van der Waals surface area contributed by atoms with E-state index >= 15 is 0 Å². The maximum atomic E-state index is 8.35. The van der Waals surface area contributed by atoms with Crippen molar-refractivity contribution in [2.24, 2.45) is 11.8 Å². The second kappa shape index (κ2) is 5.29. The summed E-state index contributed by atoms with van der Waals surface area (Å²) in [5, 5.41) is 8.35. The summed E-state index contributed by atoms with van der Waals surface area (Å²) in [7, 11) is 0. The van der Waals surface area contributed by atoms with Crippen LogP contribution in [0.25, 0.3) is 0 Å². The van der Waals surface area contributed by atoms with Crippen molar-refractivity contribution >= 4 is 0 Å². The Morgan fingerprint density at radius 1 is 1.20 bits per heavy atom. The van der Waals surface area contributed by atoms with Gasteiger partial charge in [0.15, 0.2) is 0 Å². The predicted molar refractivity (Wildman–Crippen MR) is 43.5 cm³/mol. The van der Waals surface area contributed by atoms with Gasteiger partial charge in [0.1, 0.15) is 0 Å². The molecule has 0 aromatic heterocycles. The van der Waals surface area contributed by atoms with Crippen LogP contribution in [0.3, 0.4) is 0 Å². The number of hydrogen-bond acceptors (Lipinski definition) is 1. The molecule has 1 heteroatoms. The third-order valence-electron chi connectivity index (χ3n) is 1.68. The van der Waals surface area contributed by atoms with Gasteiger partial charge >= 0.3 is 0 Å². The average Bonchev–Trinajstić information content (AvgIpc) is 1.85. The molecule has 0 aliphatic carbocycles. The Kier molecular flexibility index (Phi) is 5.02. The molecule has 0 saturated carbocycles. The van der Waals surface area contributed by atoms with E-state index in [1.165, 1.54) is 12.8 Å². The van der Waals surface area contributed by atoms with E-state index in [4.69, 9.17) is 5.26 Å². The van der Waals surface area contributed by atoms with E-state index in [9.17, 15) is 0 Å². The molecule has 0 aromatic rings. The molecule has 0 aliphatic rings. The van der Waals surface area contributed by atoms with Crippen LogP contribution in [0.1, 0.15) is 40.0 Å². The van der Waals surface area contributed by atoms with Crippen LogP contribution in [0.5, 0.6) is 0 Å². The topological polar surface area (TPSA) is 23.8 Å². The van der Waals surface area contributed by atoms with Crippen molar-refractivity contribution in [3.05, 3.63) is 0 Å². The quantitative estimate of drug-likeness (QED) is 0.587. The molecule has 58 valence electrons. The van der Waals surface area contributed by atoms with Gasteiger partial charge in [0, 0.05) is 6.42 Å². The molecule has 0 heterocycles. The Labute approximate surface area is 64.1 Å². The summed E-state index contributed by atoms with van der Waals surface area (Å²) in [5.41, 5.74) is 0. The van der Waals surface area contributed by atoms with Crippen LogP contribution in [-0.4, -0.2) is 0 Å². The van der Waals surface area contributed by atoms with Crippen LogP contribution in [0.4, 0.5) is 0 Å². The second-order valence-electron chi connectivity index (χ2n) is 3.44. The molecule has 0 fully saturated rings. The Hall–Kier alpha value is -0.510. The molecule has 0 N–H and O–H groups in total. The summed E-state index contributed by atoms with van der Waals surface area (Å²) >= 11 is 0. The van der Waals surface area contributed by atoms with Gasteiger partial charge in [-0.15, -0.1) is 0 Å². The monoisotopic (exact) mass is 139 g/mol. The fourth-order valence-corrected chi connectivity index (χ4v) is 0.876. The van der Waals surface area contributed by atoms with E-state index in [0.29, 0.717) is 12.3 Å². The van der Waals surface area contributed by atoms with E-state index in [0.717, 1.165) is 5.92 Å². The van der Waals surface area contributed by atoms with Crippen LogP contribution in [0.2, 0.25) is 0 Å². The highest BCUT2D eigenvalue weighted by Gasteiger charge is 2.01. The maximum Gasteiger partial charge on any atom is 0.0624 e. The fourth-order valence-electron chi connectivity index (χ4n) is 0.876. The lowest BCUT2D eigenvalue weighted by Crippen LogP contribution is -1.96. The molecule has 0 aliphatic heterocycles. The van der Waals surface area contributed by atoms with Crippen LogP contribution in [0, 0.1) is 23.2 Å². The highest BCUT2D eigenvalue weighted by atomic mass is 14.2. The van der Waals surface area contributed by atoms with Crippen molar-refractivity contribution in [3.63, 3.8) is 0 Å². The normalized spacial score (nSPS) is 13.1. The van der Waals surface area contributed by atoms with Crippen LogP contribution < -0.4 is 0 Å². The SMILES string of the molecule is CC(C)CC[C@H](C)CC#N. The molecule has 0 radical (unpaired) electrons. The number of nitrogens with zero attached hydrogens (tertiary/aromatic N) is 1. The molecule has 1 atom stereocenters. The molecular formula is C9H17N. The van der Waals surface area contributed by atoms with E-state index in [1.807, 2.05) is 0 Å². The Morgan fingerprint density at radius 3 is 2.20 bits per heavy atom. The van der Waals surface area contributed by atoms with E-state index in [1.54, 1.807) is 0 Å². The molecule has 0 unspecified atom stereocenters. The first-order valence-corrected chi connectivity index (χ1v) is 4.03. The number of rotatable bonds is 4. The summed E-state index contributed by atoms with van der Waals surface area (Å²) in [4.78, 5) is 0. The smallest absolute Gasteiger partial charge is 0.0624 e. The van der Waals surface area contributed by atoms with Crippen molar-refractivity contribution in [1.82, 2.24) is 0 Å². The standard InChI is InChI=1S/C9H17N/c1-8(2)4-5-9(3)6-7-10/h8-9H,4-6H2,1-3H3/t9-/m0/s1. The molecule has 0 saturated heterocycles. The van der Waals surface area contributed by atoms with Crippen LogP contribution >= 0.6 is 0 Å². The van der Waals surface area contributed by atoms with E-state index in [2.05, 4.69) is 26.8 Å². The van der Waals surface area contributed by atoms with Gasteiger partial charge in [-0.3, -0.25) is 0 Å². The van der Waals surface area contributed by atoms with Crippen LogP contribution in [0.15, 0.2) is 0 Å². The van der Waals surface area contributed by atoms with Gasteiger partial charge in [-0.2, -0.15) is 5.26 Å². The van der Waals surface area contributed by atoms with Gasteiger partial charge in [0.2, 0.25) is 0 Å². The third-order valence-corrected chi connectivity index (χ3v) is 1.68. The van der Waals surface area contributed by atoms with Gasteiger partial charge in [-0.1, -0.05) is 27.2 Å². The largest absolute Gasteiger partial charge is 0.198 e. The molecule has 1 nitrogen and oxygen atoms in total. The first-order valence-electron chi connectivity index (χ1n) is 4.03. The number of hydrogen-bond donors (Lipinski definition) is 0. The summed E-state index contributed by atoms with van der Waals surface area (Å²) in [5.74, 6) is 1.37. The van der Waals surface area contributed by atoms with Crippen molar-refractivity contribution in [1.29, 1.82) is 5.26 Å². The molecular weight excluding hydrogens is 122 g/mol. The minimum Gasteiger partial charge on any atom is -0.198 e. The van der Waals surface area contributed by atoms with Gasteiger partial charge in [0.05, 0.1) is 6.07 Å². The fraction of sp³-hybridized carbons (Fsp3) is 0.889. The van der Waals surface area contributed by atoms with E-state index in [-0.39, 0.29) is 0 Å². The molecule has 0 amide bonds. The van der Waals surface area contributed by atoms with Crippen molar-refractivity contribution in [3.8, 4) is 6.07 Å². The van der Waals surface area contributed by atoms with Gasteiger partial charge < -0.3 is 0 Å². The molecule has 0 spiro atoms. The van der Waals surface area contributed by atoms with Crippen molar-refractivity contribution in [2.45, 2.75) is 40.0 Å². The van der Waals surface area contributed by atoms with Gasteiger partial charge in [0.25, 0.3) is 0 Å². The van der Waals surface area contributed by atoms with Crippen molar-refractivity contribution < 1.29 is 0 Å². The first kappa shape index (κ1) is 9.49. The molecule has 0 rings (SSSR count). The third kappa shape index (κ3) is 5.62. The Bertz CT molecular complexity index is 110. The molecule has 0 bridgehead atoms. The average molecular weight is 139 g/mol. The van der Waals surface area contributed by atoms with Gasteiger partial charge in [-0.05, 0) is 18.3 Å². The second-order valence-corrected chi connectivity index (χ2v) is 3.44. The number of nitriles is 1. The zero-order valence-corrected chi connectivity index (χ0v) is 7.22. The van der Waals surface area contributed by atoms with Gasteiger partial charge in [-0.25, -0.2) is 0 Å². The predicted octanol–water partition coefficient (Wildman–Crippen LogP) is 2.97. The zero-order valence-electron chi connectivity index (χ0n) is 7.22. The maximum absolute atomic E-state index is 8.35. The highest BCUT2D eigenvalue weighted by Crippen LogP contribution is 2.13. The lowest BCUT2D eigenvalue weighted by Gasteiger charge is -2.07. The Morgan fingerprint density at radius 2 is 1.80 bits per heavy atom. The lowest BCUT2D eigenvalue weighted by atomic mass is 9.97. The summed E-state index contributed by atoms with van der Waals surface area (Å²) < 4.78 is 0.